The molecule has 1 atom stereocenters. The average molecular weight is 270 g/mol. The smallest absolute Gasteiger partial charge is 0.217 e. The molecule has 114 valence electrons. The summed E-state index contributed by atoms with van der Waals surface area (Å²) in [6, 6.07) is 0.425. The maximum absolute atomic E-state index is 10.5. The number of unbranched alkanes of at least 4 members (excludes halogenated alkanes) is 8. The summed E-state index contributed by atoms with van der Waals surface area (Å²) >= 11 is 0. The Morgan fingerprint density at radius 1 is 0.842 bits per heavy atom. The molecule has 0 aliphatic carbocycles. The van der Waals surface area contributed by atoms with E-state index in [2.05, 4.69) is 6.92 Å². The highest BCUT2D eigenvalue weighted by atomic mass is 16.1. The zero-order valence-electron chi connectivity index (χ0n) is 12.8. The summed E-state index contributed by atoms with van der Waals surface area (Å²) in [5.41, 5.74) is 11.1. The molecule has 0 radical (unpaired) electrons. The third-order valence-corrected chi connectivity index (χ3v) is 3.68. The van der Waals surface area contributed by atoms with Gasteiger partial charge in [-0.05, 0) is 19.3 Å². The molecular weight excluding hydrogens is 236 g/mol. The maximum Gasteiger partial charge on any atom is 0.217 e. The third-order valence-electron chi connectivity index (χ3n) is 3.68. The van der Waals surface area contributed by atoms with Crippen molar-refractivity contribution in [2.75, 3.05) is 0 Å². The van der Waals surface area contributed by atoms with Crippen LogP contribution in [0.1, 0.15) is 90.4 Å². The van der Waals surface area contributed by atoms with Crippen molar-refractivity contribution in [3.63, 3.8) is 0 Å². The summed E-state index contributed by atoms with van der Waals surface area (Å²) in [5, 5.41) is 0. The van der Waals surface area contributed by atoms with Crippen LogP contribution in [0.4, 0.5) is 0 Å². The lowest BCUT2D eigenvalue weighted by Gasteiger charge is -2.10. The quantitative estimate of drug-likeness (QED) is 0.470. The normalized spacial score (nSPS) is 12.5. The van der Waals surface area contributed by atoms with E-state index in [-0.39, 0.29) is 5.91 Å². The Balaban J connectivity index is 3.08. The number of nitrogens with two attached hydrogens (primary N) is 2. The zero-order chi connectivity index (χ0) is 14.3. The summed E-state index contributed by atoms with van der Waals surface area (Å²) < 4.78 is 0. The molecule has 0 aromatic rings. The minimum Gasteiger partial charge on any atom is -0.370 e. The molecule has 19 heavy (non-hydrogen) atoms. The minimum atomic E-state index is -0.167. The van der Waals surface area contributed by atoms with Gasteiger partial charge in [0.1, 0.15) is 0 Å². The second-order valence-corrected chi connectivity index (χ2v) is 5.74. The van der Waals surface area contributed by atoms with Crippen LogP contribution in [0, 0.1) is 0 Å². The van der Waals surface area contributed by atoms with E-state index in [0.717, 1.165) is 12.8 Å². The fourth-order valence-corrected chi connectivity index (χ4v) is 2.38. The SMILES string of the molecule is CCCCC(N)CCCCCCCCCCC(N)=O. The highest BCUT2D eigenvalue weighted by Gasteiger charge is 2.01. The summed E-state index contributed by atoms with van der Waals surface area (Å²) in [6.45, 7) is 2.22. The first-order valence-corrected chi connectivity index (χ1v) is 8.20. The molecule has 4 N–H and O–H groups in total. The van der Waals surface area contributed by atoms with Crippen LogP contribution < -0.4 is 11.5 Å². The lowest BCUT2D eigenvalue weighted by Crippen LogP contribution is -2.19. The molecule has 0 spiro atoms. The van der Waals surface area contributed by atoms with Gasteiger partial charge in [0.15, 0.2) is 0 Å². The first-order valence-electron chi connectivity index (χ1n) is 8.20. The second-order valence-electron chi connectivity index (χ2n) is 5.74. The lowest BCUT2D eigenvalue weighted by molar-refractivity contribution is -0.118. The Kier molecular flexibility index (Phi) is 13.4. The average Bonchev–Trinajstić information content (AvgIpc) is 2.38. The van der Waals surface area contributed by atoms with Gasteiger partial charge in [0, 0.05) is 12.5 Å². The number of primary amides is 1. The van der Waals surface area contributed by atoms with Crippen LogP contribution in [0.3, 0.4) is 0 Å². The molecule has 1 amide bonds. The van der Waals surface area contributed by atoms with Gasteiger partial charge in [0.2, 0.25) is 5.91 Å². The van der Waals surface area contributed by atoms with Gasteiger partial charge in [-0.15, -0.1) is 0 Å². The lowest BCUT2D eigenvalue weighted by atomic mass is 10.0. The molecule has 3 heteroatoms. The predicted molar refractivity (Wildman–Crippen MR) is 82.9 cm³/mol. The van der Waals surface area contributed by atoms with Crippen LogP contribution in [0.2, 0.25) is 0 Å². The molecule has 0 saturated heterocycles. The first kappa shape index (κ1) is 18.4. The molecule has 0 aliphatic rings. The van der Waals surface area contributed by atoms with Gasteiger partial charge in [-0.1, -0.05) is 64.7 Å². The van der Waals surface area contributed by atoms with Crippen LogP contribution in [-0.4, -0.2) is 11.9 Å². The van der Waals surface area contributed by atoms with Gasteiger partial charge in [0.05, 0.1) is 0 Å². The molecule has 0 saturated carbocycles. The molecule has 1 unspecified atom stereocenters. The van der Waals surface area contributed by atoms with E-state index in [1.54, 1.807) is 0 Å². The van der Waals surface area contributed by atoms with Crippen molar-refractivity contribution in [2.24, 2.45) is 11.5 Å². The summed E-state index contributed by atoms with van der Waals surface area (Å²) in [5.74, 6) is -0.167. The Morgan fingerprint density at radius 3 is 1.84 bits per heavy atom. The van der Waals surface area contributed by atoms with Crippen molar-refractivity contribution in [1.82, 2.24) is 0 Å². The van der Waals surface area contributed by atoms with E-state index in [1.165, 1.54) is 64.2 Å². The molecular formula is C16H34N2O. The molecule has 0 rings (SSSR count). The Bertz CT molecular complexity index is 207. The van der Waals surface area contributed by atoms with Crippen LogP contribution in [0.25, 0.3) is 0 Å². The molecule has 0 aliphatic heterocycles. The fraction of sp³-hybridized carbons (Fsp3) is 0.938. The van der Waals surface area contributed by atoms with Crippen LogP contribution in [0.5, 0.6) is 0 Å². The highest BCUT2D eigenvalue weighted by Crippen LogP contribution is 2.12. The van der Waals surface area contributed by atoms with Crippen molar-refractivity contribution in [3.8, 4) is 0 Å². The summed E-state index contributed by atoms with van der Waals surface area (Å²) in [4.78, 5) is 10.5. The number of hydrogen-bond donors (Lipinski definition) is 2. The number of carbonyl (C=O) groups is 1. The zero-order valence-corrected chi connectivity index (χ0v) is 12.8. The first-order chi connectivity index (χ1) is 9.16. The Morgan fingerprint density at radius 2 is 1.32 bits per heavy atom. The molecule has 0 fully saturated rings. The van der Waals surface area contributed by atoms with Crippen molar-refractivity contribution in [2.45, 2.75) is 96.4 Å². The van der Waals surface area contributed by atoms with Gasteiger partial charge in [-0.2, -0.15) is 0 Å². The third kappa shape index (κ3) is 15.4. The van der Waals surface area contributed by atoms with E-state index in [9.17, 15) is 4.79 Å². The number of amides is 1. The second kappa shape index (κ2) is 13.9. The molecule has 0 heterocycles. The molecule has 0 aromatic heterocycles. The van der Waals surface area contributed by atoms with Crippen LogP contribution in [-0.2, 0) is 4.79 Å². The summed E-state index contributed by atoms with van der Waals surface area (Å²) in [6.07, 6.45) is 15.3. The van der Waals surface area contributed by atoms with Crippen molar-refractivity contribution in [1.29, 1.82) is 0 Å². The predicted octanol–water partition coefficient (Wildman–Crippen LogP) is 3.89. The monoisotopic (exact) mass is 270 g/mol. The Labute approximate surface area is 119 Å². The van der Waals surface area contributed by atoms with Gasteiger partial charge < -0.3 is 11.5 Å². The van der Waals surface area contributed by atoms with Gasteiger partial charge >= 0.3 is 0 Å². The molecule has 0 aromatic carbocycles. The van der Waals surface area contributed by atoms with Crippen LogP contribution >= 0.6 is 0 Å². The highest BCUT2D eigenvalue weighted by molar-refractivity contribution is 5.73. The van der Waals surface area contributed by atoms with E-state index in [4.69, 9.17) is 11.5 Å². The van der Waals surface area contributed by atoms with Gasteiger partial charge in [-0.3, -0.25) is 4.79 Å². The van der Waals surface area contributed by atoms with Gasteiger partial charge in [-0.25, -0.2) is 0 Å². The maximum atomic E-state index is 10.5. The van der Waals surface area contributed by atoms with E-state index in [0.29, 0.717) is 12.5 Å². The van der Waals surface area contributed by atoms with Gasteiger partial charge in [0.25, 0.3) is 0 Å². The van der Waals surface area contributed by atoms with Crippen molar-refractivity contribution < 1.29 is 4.79 Å². The van der Waals surface area contributed by atoms with Crippen molar-refractivity contribution >= 4 is 5.91 Å². The fourth-order valence-electron chi connectivity index (χ4n) is 2.38. The Hall–Kier alpha value is -0.570. The van der Waals surface area contributed by atoms with E-state index in [1.807, 2.05) is 0 Å². The van der Waals surface area contributed by atoms with E-state index < -0.39 is 0 Å². The van der Waals surface area contributed by atoms with Crippen molar-refractivity contribution in [3.05, 3.63) is 0 Å². The van der Waals surface area contributed by atoms with E-state index >= 15 is 0 Å². The summed E-state index contributed by atoms with van der Waals surface area (Å²) in [7, 11) is 0. The molecule has 0 bridgehead atoms. The standard InChI is InChI=1S/C16H34N2O/c1-2-3-12-15(17)13-10-8-6-4-5-7-9-11-14-16(18)19/h15H,2-14,17H2,1H3,(H2,18,19). The minimum absolute atomic E-state index is 0.167. The molecule has 3 nitrogen and oxygen atoms in total. The largest absolute Gasteiger partial charge is 0.370 e. The number of hydrogen-bond acceptors (Lipinski definition) is 2. The van der Waals surface area contributed by atoms with Crippen LogP contribution in [0.15, 0.2) is 0 Å². The topological polar surface area (TPSA) is 69.1 Å². The number of rotatable bonds is 14. The number of carbonyl (C=O) groups excluding carboxylic acids is 1.